The molecule has 10 rings (SSSR count). The third kappa shape index (κ3) is 6.56. The van der Waals surface area contributed by atoms with Crippen LogP contribution in [0.15, 0.2) is 194 Å². The maximum Gasteiger partial charge on any atom is 0.160 e. The summed E-state index contributed by atoms with van der Waals surface area (Å²) < 4.78 is 2.26. The molecule has 0 aliphatic rings. The molecule has 0 atom stereocenters. The Hall–Kier alpha value is -8.89. The highest BCUT2D eigenvalue weighted by Crippen LogP contribution is 2.45. The fourth-order valence-electron chi connectivity index (χ4n) is 8.27. The van der Waals surface area contributed by atoms with E-state index in [1.165, 1.54) is 0 Å². The number of fused-ring (bicyclic) bond motifs is 3. The van der Waals surface area contributed by atoms with Gasteiger partial charge in [-0.25, -0.2) is 9.97 Å². The van der Waals surface area contributed by atoms with Gasteiger partial charge in [-0.05, 0) is 71.8 Å². The maximum absolute atomic E-state index is 10.7. The molecule has 6 heteroatoms. The number of nitrogens with zero attached hydrogens (tertiary/aromatic N) is 6. The van der Waals surface area contributed by atoms with Crippen molar-refractivity contribution in [1.82, 2.24) is 14.5 Å². The molecular weight excluding hydrogens is 745 g/mol. The van der Waals surface area contributed by atoms with Gasteiger partial charge in [-0.1, -0.05) is 133 Å². The van der Waals surface area contributed by atoms with E-state index in [0.29, 0.717) is 22.5 Å². The molecule has 2 heterocycles. The average molecular weight is 777 g/mol. The van der Waals surface area contributed by atoms with Crippen molar-refractivity contribution in [3.63, 3.8) is 0 Å². The molecule has 6 nitrogen and oxygen atoms in total. The molecule has 0 fully saturated rings. The minimum atomic E-state index is 0.507. The summed E-state index contributed by atoms with van der Waals surface area (Å²) in [6.45, 7) is 0. The van der Waals surface area contributed by atoms with E-state index in [0.717, 1.165) is 89.0 Å². The first kappa shape index (κ1) is 36.5. The van der Waals surface area contributed by atoms with Crippen molar-refractivity contribution in [1.29, 1.82) is 15.8 Å². The van der Waals surface area contributed by atoms with Gasteiger partial charge in [0.2, 0.25) is 0 Å². The third-order valence-electron chi connectivity index (χ3n) is 11.2. The summed E-state index contributed by atoms with van der Waals surface area (Å²) in [5.41, 5.74) is 13.6. The van der Waals surface area contributed by atoms with E-state index in [1.807, 2.05) is 152 Å². The van der Waals surface area contributed by atoms with Crippen molar-refractivity contribution in [2.75, 3.05) is 0 Å². The number of nitriles is 3. The molecule has 8 aromatic carbocycles. The standard InChI is InChI=1S/C55H32N6/c56-33-36-23-25-37(26-24-36)40-27-28-53-47(29-40)46-21-11-12-22-52(46)61(53)54-48(44-19-9-7-17-41(44)34-57)30-43(31-49(54)45-20-10-8-18-42(45)35-58)55-59-50(38-13-3-1-4-14-38)32-51(60-55)39-15-5-2-6-16-39/h1-32H. The van der Waals surface area contributed by atoms with Gasteiger partial charge in [-0.3, -0.25) is 0 Å². The van der Waals surface area contributed by atoms with Gasteiger partial charge in [0.1, 0.15) is 0 Å². The van der Waals surface area contributed by atoms with Crippen LogP contribution in [0.4, 0.5) is 0 Å². The van der Waals surface area contributed by atoms with E-state index >= 15 is 0 Å². The lowest BCUT2D eigenvalue weighted by Gasteiger charge is -2.22. The van der Waals surface area contributed by atoms with Crippen LogP contribution in [0, 0.1) is 34.0 Å². The lowest BCUT2D eigenvalue weighted by atomic mass is 9.89. The summed E-state index contributed by atoms with van der Waals surface area (Å²) in [5.74, 6) is 0.507. The van der Waals surface area contributed by atoms with Crippen LogP contribution in [0.3, 0.4) is 0 Å². The Morgan fingerprint density at radius 1 is 0.361 bits per heavy atom. The van der Waals surface area contributed by atoms with Gasteiger partial charge < -0.3 is 4.57 Å². The van der Waals surface area contributed by atoms with Gasteiger partial charge in [-0.15, -0.1) is 0 Å². The minimum absolute atomic E-state index is 0.507. The Morgan fingerprint density at radius 2 is 0.869 bits per heavy atom. The molecule has 0 spiro atoms. The van der Waals surface area contributed by atoms with Gasteiger partial charge in [0.25, 0.3) is 0 Å². The average Bonchev–Trinajstić information content (AvgIpc) is 3.67. The van der Waals surface area contributed by atoms with Gasteiger partial charge in [-0.2, -0.15) is 15.8 Å². The summed E-state index contributed by atoms with van der Waals surface area (Å²) in [5, 5.41) is 32.8. The van der Waals surface area contributed by atoms with Crippen molar-refractivity contribution < 1.29 is 0 Å². The van der Waals surface area contributed by atoms with Gasteiger partial charge >= 0.3 is 0 Å². The summed E-state index contributed by atoms with van der Waals surface area (Å²) in [4.78, 5) is 10.5. The lowest BCUT2D eigenvalue weighted by Crippen LogP contribution is -2.04. The first-order chi connectivity index (χ1) is 30.1. The van der Waals surface area contributed by atoms with Crippen LogP contribution in [-0.2, 0) is 0 Å². The number of para-hydroxylation sites is 1. The van der Waals surface area contributed by atoms with Crippen LogP contribution < -0.4 is 0 Å². The number of hydrogen-bond acceptors (Lipinski definition) is 5. The first-order valence-corrected chi connectivity index (χ1v) is 19.8. The number of benzene rings is 8. The Morgan fingerprint density at radius 3 is 1.44 bits per heavy atom. The van der Waals surface area contributed by atoms with Crippen molar-refractivity contribution in [3.8, 4) is 91.2 Å². The first-order valence-electron chi connectivity index (χ1n) is 19.8. The van der Waals surface area contributed by atoms with E-state index < -0.39 is 0 Å². The maximum atomic E-state index is 10.7. The molecule has 0 N–H and O–H groups in total. The number of aromatic nitrogens is 3. The quantitative estimate of drug-likeness (QED) is 0.160. The molecule has 0 unspecified atom stereocenters. The summed E-state index contributed by atoms with van der Waals surface area (Å²) in [6.07, 6.45) is 0. The second-order valence-electron chi connectivity index (χ2n) is 14.7. The Labute approximate surface area is 352 Å². The predicted octanol–water partition coefficient (Wildman–Crippen LogP) is 13.2. The Balaban J connectivity index is 1.33. The molecule has 0 aliphatic heterocycles. The zero-order valence-electron chi connectivity index (χ0n) is 32.7. The second-order valence-corrected chi connectivity index (χ2v) is 14.7. The van der Waals surface area contributed by atoms with Crippen LogP contribution in [0.5, 0.6) is 0 Å². The largest absolute Gasteiger partial charge is 0.308 e. The van der Waals surface area contributed by atoms with E-state index in [2.05, 4.69) is 65.2 Å². The van der Waals surface area contributed by atoms with E-state index in [9.17, 15) is 15.8 Å². The Kier molecular flexibility index (Phi) is 9.24. The molecule has 0 bridgehead atoms. The van der Waals surface area contributed by atoms with Crippen LogP contribution in [-0.4, -0.2) is 14.5 Å². The predicted molar refractivity (Wildman–Crippen MR) is 243 cm³/mol. The Bertz CT molecular complexity index is 3300. The van der Waals surface area contributed by atoms with Crippen LogP contribution >= 0.6 is 0 Å². The highest BCUT2D eigenvalue weighted by molar-refractivity contribution is 6.12. The highest BCUT2D eigenvalue weighted by atomic mass is 15.0. The second kappa shape index (κ2) is 15.5. The van der Waals surface area contributed by atoms with E-state index in [-0.39, 0.29) is 0 Å². The molecule has 0 radical (unpaired) electrons. The molecule has 61 heavy (non-hydrogen) atoms. The molecule has 0 amide bonds. The van der Waals surface area contributed by atoms with Gasteiger partial charge in [0, 0.05) is 49.7 Å². The zero-order chi connectivity index (χ0) is 41.3. The van der Waals surface area contributed by atoms with Gasteiger partial charge in [0.15, 0.2) is 5.82 Å². The smallest absolute Gasteiger partial charge is 0.160 e. The third-order valence-corrected chi connectivity index (χ3v) is 11.2. The topological polar surface area (TPSA) is 102 Å². The lowest BCUT2D eigenvalue weighted by molar-refractivity contribution is 1.16. The van der Waals surface area contributed by atoms with Crippen LogP contribution in [0.25, 0.3) is 94.8 Å². The molecule has 10 aromatic rings. The fourth-order valence-corrected chi connectivity index (χ4v) is 8.27. The van der Waals surface area contributed by atoms with Crippen LogP contribution in [0.2, 0.25) is 0 Å². The molecule has 0 saturated carbocycles. The van der Waals surface area contributed by atoms with Crippen LogP contribution in [0.1, 0.15) is 16.7 Å². The monoisotopic (exact) mass is 776 g/mol. The van der Waals surface area contributed by atoms with E-state index in [4.69, 9.17) is 9.97 Å². The summed E-state index contributed by atoms with van der Waals surface area (Å²) in [6, 6.07) is 71.2. The SMILES string of the molecule is N#Cc1ccc(-c2ccc3c(c2)c2ccccc2n3-c2c(-c3ccccc3C#N)cc(-c3nc(-c4ccccc4)cc(-c4ccccc4)n3)cc2-c2ccccc2C#N)cc1. The molecular formula is C55H32N6. The summed E-state index contributed by atoms with van der Waals surface area (Å²) >= 11 is 0. The molecule has 0 aliphatic carbocycles. The molecule has 2 aromatic heterocycles. The molecule has 282 valence electrons. The van der Waals surface area contributed by atoms with E-state index in [1.54, 1.807) is 0 Å². The number of hydrogen-bond donors (Lipinski definition) is 0. The van der Waals surface area contributed by atoms with Crippen molar-refractivity contribution >= 4 is 21.8 Å². The summed E-state index contributed by atoms with van der Waals surface area (Å²) in [7, 11) is 0. The fraction of sp³-hybridized carbons (Fsp3) is 0. The molecule has 0 saturated heterocycles. The van der Waals surface area contributed by atoms with Gasteiger partial charge in [0.05, 0.1) is 63.0 Å². The zero-order valence-corrected chi connectivity index (χ0v) is 32.7. The highest BCUT2D eigenvalue weighted by Gasteiger charge is 2.25. The van der Waals surface area contributed by atoms with Crippen molar-refractivity contribution in [2.24, 2.45) is 0 Å². The normalized spacial score (nSPS) is 10.9. The minimum Gasteiger partial charge on any atom is -0.308 e. The number of rotatable bonds is 7. The van der Waals surface area contributed by atoms with Crippen molar-refractivity contribution in [3.05, 3.63) is 211 Å². The van der Waals surface area contributed by atoms with Crippen molar-refractivity contribution in [2.45, 2.75) is 0 Å².